The molecular formula is C19H29BO4. The van der Waals surface area contributed by atoms with Crippen LogP contribution in [0.5, 0.6) is 0 Å². The van der Waals surface area contributed by atoms with Gasteiger partial charge >= 0.3 is 7.12 Å². The van der Waals surface area contributed by atoms with E-state index in [1.165, 1.54) is 5.56 Å². The zero-order valence-corrected chi connectivity index (χ0v) is 15.5. The molecule has 132 valence electrons. The van der Waals surface area contributed by atoms with Crippen molar-refractivity contribution in [3.63, 3.8) is 0 Å². The molecule has 4 nitrogen and oxygen atoms in total. The second-order valence-electron chi connectivity index (χ2n) is 7.77. The summed E-state index contributed by atoms with van der Waals surface area (Å²) in [5.41, 5.74) is 0.610. The molecular weight excluding hydrogens is 303 g/mol. The number of ether oxygens (including phenoxy) is 2. The third kappa shape index (κ3) is 3.55. The van der Waals surface area contributed by atoms with Gasteiger partial charge in [0.2, 0.25) is 0 Å². The Morgan fingerprint density at radius 3 is 2.29 bits per heavy atom. The Balaban J connectivity index is 1.72. The minimum Gasteiger partial charge on any atom is -0.403 e. The maximum Gasteiger partial charge on any atom is 0.458 e. The number of rotatable bonds is 5. The molecule has 24 heavy (non-hydrogen) atoms. The van der Waals surface area contributed by atoms with Crippen LogP contribution in [-0.2, 0) is 18.8 Å². The van der Waals surface area contributed by atoms with E-state index in [9.17, 15) is 0 Å². The minimum atomic E-state index is -0.293. The fourth-order valence-electron chi connectivity index (χ4n) is 3.52. The topological polar surface area (TPSA) is 36.9 Å². The van der Waals surface area contributed by atoms with E-state index in [1.54, 1.807) is 0 Å². The highest BCUT2D eigenvalue weighted by Crippen LogP contribution is 2.45. The van der Waals surface area contributed by atoms with Crippen LogP contribution in [0.25, 0.3) is 0 Å². The molecule has 2 aliphatic heterocycles. The van der Waals surface area contributed by atoms with Crippen molar-refractivity contribution in [2.45, 2.75) is 71.0 Å². The van der Waals surface area contributed by atoms with E-state index < -0.39 is 0 Å². The summed E-state index contributed by atoms with van der Waals surface area (Å²) in [7, 11) is -0.199. The van der Waals surface area contributed by atoms with Gasteiger partial charge in [-0.3, -0.25) is 0 Å². The maximum atomic E-state index is 6.19. The van der Waals surface area contributed by atoms with Gasteiger partial charge in [0, 0.05) is 13.0 Å². The van der Waals surface area contributed by atoms with Crippen LogP contribution in [0.2, 0.25) is 6.32 Å². The Bertz CT molecular complexity index is 530. The first kappa shape index (κ1) is 17.9. The summed E-state index contributed by atoms with van der Waals surface area (Å²) in [6.45, 7) is 11.0. The summed E-state index contributed by atoms with van der Waals surface area (Å²) >= 11 is 0. The molecule has 2 saturated heterocycles. The normalized spacial score (nSPS) is 31.5. The van der Waals surface area contributed by atoms with Gasteiger partial charge in [-0.2, -0.15) is 0 Å². The zero-order valence-electron chi connectivity index (χ0n) is 15.5. The monoisotopic (exact) mass is 332 g/mol. The number of hydrogen-bond acceptors (Lipinski definition) is 4. The largest absolute Gasteiger partial charge is 0.458 e. The first-order chi connectivity index (χ1) is 11.3. The minimum absolute atomic E-state index is 0.0294. The van der Waals surface area contributed by atoms with Crippen molar-refractivity contribution < 1.29 is 18.8 Å². The standard InChI is InChI=1S/C19H29BO4/c1-6-21-16-12-15(17(22-16)14-10-8-7-9-11-14)13-20-23-18(2,3)19(4,5)24-20/h7-11,15-17H,6,12-13H2,1-5H3/t15-,16?,17-/m1/s1. The smallest absolute Gasteiger partial charge is 0.403 e. The summed E-state index contributed by atoms with van der Waals surface area (Å²) < 4.78 is 24.3. The van der Waals surface area contributed by atoms with E-state index in [-0.39, 0.29) is 30.7 Å². The number of hydrogen-bond donors (Lipinski definition) is 0. The second-order valence-corrected chi connectivity index (χ2v) is 7.77. The molecule has 2 fully saturated rings. The lowest BCUT2D eigenvalue weighted by molar-refractivity contribution is -0.132. The van der Waals surface area contributed by atoms with Gasteiger partial charge in [0.05, 0.1) is 17.3 Å². The summed E-state index contributed by atoms with van der Waals surface area (Å²) in [6, 6.07) is 10.4. The van der Waals surface area contributed by atoms with Gasteiger partial charge in [-0.15, -0.1) is 0 Å². The molecule has 0 N–H and O–H groups in total. The summed E-state index contributed by atoms with van der Waals surface area (Å²) in [5, 5.41) is 0. The average molecular weight is 332 g/mol. The molecule has 0 aliphatic carbocycles. The highest BCUT2D eigenvalue weighted by Gasteiger charge is 2.52. The van der Waals surface area contributed by atoms with Crippen LogP contribution < -0.4 is 0 Å². The molecule has 1 aromatic rings. The van der Waals surface area contributed by atoms with Gasteiger partial charge in [-0.25, -0.2) is 0 Å². The van der Waals surface area contributed by atoms with Crippen molar-refractivity contribution in [3.05, 3.63) is 35.9 Å². The molecule has 5 heteroatoms. The summed E-state index contributed by atoms with van der Waals surface area (Å²) in [4.78, 5) is 0. The molecule has 0 spiro atoms. The van der Waals surface area contributed by atoms with Crippen LogP contribution in [0.15, 0.2) is 30.3 Å². The maximum absolute atomic E-state index is 6.19. The summed E-state index contributed by atoms with van der Waals surface area (Å²) in [5.74, 6) is 0.318. The molecule has 3 rings (SSSR count). The van der Waals surface area contributed by atoms with Crippen LogP contribution in [0, 0.1) is 5.92 Å². The highest BCUT2D eigenvalue weighted by atomic mass is 16.7. The van der Waals surface area contributed by atoms with E-state index in [2.05, 4.69) is 52.0 Å². The molecule has 1 unspecified atom stereocenters. The van der Waals surface area contributed by atoms with Crippen LogP contribution in [0.4, 0.5) is 0 Å². The first-order valence-electron chi connectivity index (χ1n) is 9.00. The first-order valence-corrected chi connectivity index (χ1v) is 9.00. The fraction of sp³-hybridized carbons (Fsp3) is 0.684. The predicted octanol–water partition coefficient (Wildman–Crippen LogP) is 4.22. The van der Waals surface area contributed by atoms with Gasteiger partial charge in [-0.1, -0.05) is 30.3 Å². The fourth-order valence-corrected chi connectivity index (χ4v) is 3.52. The molecule has 0 bridgehead atoms. The quantitative estimate of drug-likeness (QED) is 0.757. The molecule has 0 radical (unpaired) electrons. The summed E-state index contributed by atoms with van der Waals surface area (Å²) in [6.07, 6.45) is 1.57. The van der Waals surface area contributed by atoms with E-state index in [4.69, 9.17) is 18.8 Å². The lowest BCUT2D eigenvalue weighted by Crippen LogP contribution is -2.41. The third-order valence-electron chi connectivity index (χ3n) is 5.50. The lowest BCUT2D eigenvalue weighted by Gasteiger charge is -2.32. The molecule has 2 aliphatic rings. The van der Waals surface area contributed by atoms with Crippen LogP contribution in [0.1, 0.15) is 52.7 Å². The molecule has 3 atom stereocenters. The van der Waals surface area contributed by atoms with Gasteiger partial charge in [0.25, 0.3) is 0 Å². The molecule has 0 amide bonds. The van der Waals surface area contributed by atoms with E-state index in [0.717, 1.165) is 12.7 Å². The van der Waals surface area contributed by atoms with Gasteiger partial charge < -0.3 is 18.8 Å². The Kier molecular flexibility index (Phi) is 5.08. The Morgan fingerprint density at radius 2 is 1.71 bits per heavy atom. The Hall–Kier alpha value is -0.875. The Labute approximate surface area is 146 Å². The van der Waals surface area contributed by atoms with Crippen molar-refractivity contribution in [2.75, 3.05) is 6.61 Å². The molecule has 0 saturated carbocycles. The molecule has 2 heterocycles. The molecule has 0 aromatic heterocycles. The van der Waals surface area contributed by atoms with Crippen LogP contribution >= 0.6 is 0 Å². The van der Waals surface area contributed by atoms with Crippen LogP contribution in [0.3, 0.4) is 0 Å². The SMILES string of the molecule is CCOC1C[C@H](CB2OC(C)(C)C(C)(C)O2)[C@@H](c2ccccc2)O1. The average Bonchev–Trinajstić information content (AvgIpc) is 2.98. The second kappa shape index (κ2) is 6.79. The van der Waals surface area contributed by atoms with E-state index >= 15 is 0 Å². The van der Waals surface area contributed by atoms with Gasteiger partial charge in [-0.05, 0) is 52.4 Å². The predicted molar refractivity (Wildman–Crippen MR) is 94.7 cm³/mol. The van der Waals surface area contributed by atoms with Gasteiger partial charge in [0.15, 0.2) is 6.29 Å². The van der Waals surface area contributed by atoms with Crippen LogP contribution in [-0.4, -0.2) is 31.2 Å². The van der Waals surface area contributed by atoms with Crippen molar-refractivity contribution in [3.8, 4) is 0 Å². The number of benzene rings is 1. The third-order valence-corrected chi connectivity index (χ3v) is 5.50. The lowest BCUT2D eigenvalue weighted by atomic mass is 9.73. The van der Waals surface area contributed by atoms with Gasteiger partial charge in [0.1, 0.15) is 0 Å². The Morgan fingerprint density at radius 1 is 1.08 bits per heavy atom. The highest BCUT2D eigenvalue weighted by molar-refractivity contribution is 6.45. The van der Waals surface area contributed by atoms with E-state index in [1.807, 2.05) is 13.0 Å². The zero-order chi connectivity index (χ0) is 17.4. The molecule has 1 aromatic carbocycles. The van der Waals surface area contributed by atoms with Crippen molar-refractivity contribution >= 4 is 7.12 Å². The van der Waals surface area contributed by atoms with Crippen molar-refractivity contribution in [2.24, 2.45) is 5.92 Å². The van der Waals surface area contributed by atoms with E-state index in [0.29, 0.717) is 12.5 Å². The van der Waals surface area contributed by atoms with Crippen molar-refractivity contribution in [1.29, 1.82) is 0 Å². The van der Waals surface area contributed by atoms with Crippen molar-refractivity contribution in [1.82, 2.24) is 0 Å².